The quantitative estimate of drug-likeness (QED) is 0.714. The molecular formula is C10H18N4O2. The molecule has 0 spiro atoms. The van der Waals surface area contributed by atoms with Gasteiger partial charge in [0.05, 0.1) is 25.6 Å². The maximum Gasteiger partial charge on any atom is 0.149 e. The molecule has 0 saturated carbocycles. The molecule has 1 heterocycles. The molecule has 16 heavy (non-hydrogen) atoms. The second-order valence-electron chi connectivity index (χ2n) is 3.27. The lowest BCUT2D eigenvalue weighted by atomic mass is 10.4. The molecular weight excluding hydrogens is 208 g/mol. The summed E-state index contributed by atoms with van der Waals surface area (Å²) in [4.78, 5) is 10.2. The summed E-state index contributed by atoms with van der Waals surface area (Å²) in [6, 6.07) is 0. The molecule has 0 aliphatic rings. The molecule has 0 aliphatic carbocycles. The Balaban J connectivity index is 2.66. The summed E-state index contributed by atoms with van der Waals surface area (Å²) >= 11 is 0. The van der Waals surface area contributed by atoms with E-state index < -0.39 is 0 Å². The number of hydrogen-bond acceptors (Lipinski definition) is 6. The Morgan fingerprint density at radius 3 is 2.31 bits per heavy atom. The van der Waals surface area contributed by atoms with Crippen LogP contribution in [0.5, 0.6) is 0 Å². The predicted molar refractivity (Wildman–Crippen MR) is 62.4 cm³/mol. The molecule has 0 aliphatic heterocycles. The van der Waals surface area contributed by atoms with Crippen LogP contribution in [0, 0.1) is 0 Å². The molecule has 6 nitrogen and oxygen atoms in total. The third kappa shape index (κ3) is 4.00. The summed E-state index contributed by atoms with van der Waals surface area (Å²) in [5, 5.41) is 0. The van der Waals surface area contributed by atoms with Crippen LogP contribution in [0.3, 0.4) is 0 Å². The van der Waals surface area contributed by atoms with Gasteiger partial charge in [-0.25, -0.2) is 4.98 Å². The van der Waals surface area contributed by atoms with Crippen LogP contribution >= 0.6 is 0 Å². The van der Waals surface area contributed by atoms with Crippen molar-refractivity contribution in [3.63, 3.8) is 0 Å². The monoisotopic (exact) mass is 226 g/mol. The molecule has 1 rings (SSSR count). The van der Waals surface area contributed by atoms with Gasteiger partial charge in [0, 0.05) is 27.3 Å². The average Bonchev–Trinajstić information content (AvgIpc) is 2.29. The van der Waals surface area contributed by atoms with E-state index in [1.54, 1.807) is 20.4 Å². The molecule has 6 heteroatoms. The average molecular weight is 226 g/mol. The molecule has 0 radical (unpaired) electrons. The standard InChI is InChI=1S/C10H18N4O2/c1-15-5-3-14(4-6-16-2)10-8-12-7-9(11)13-10/h7-8H,3-6H2,1-2H3,(H2,11,13). The number of nitrogen functional groups attached to an aromatic ring is 1. The first-order valence-electron chi connectivity index (χ1n) is 5.08. The lowest BCUT2D eigenvalue weighted by Gasteiger charge is -2.22. The van der Waals surface area contributed by atoms with Crippen molar-refractivity contribution in [2.24, 2.45) is 0 Å². The minimum atomic E-state index is 0.414. The van der Waals surface area contributed by atoms with Gasteiger partial charge in [0.25, 0.3) is 0 Å². The molecule has 1 aromatic rings. The highest BCUT2D eigenvalue weighted by Crippen LogP contribution is 2.09. The van der Waals surface area contributed by atoms with E-state index >= 15 is 0 Å². The zero-order valence-corrected chi connectivity index (χ0v) is 9.72. The van der Waals surface area contributed by atoms with E-state index in [1.165, 1.54) is 6.20 Å². The van der Waals surface area contributed by atoms with Gasteiger partial charge in [-0.3, -0.25) is 4.98 Å². The van der Waals surface area contributed by atoms with Crippen molar-refractivity contribution in [2.45, 2.75) is 0 Å². The van der Waals surface area contributed by atoms with E-state index in [9.17, 15) is 0 Å². The molecule has 0 bridgehead atoms. The second-order valence-corrected chi connectivity index (χ2v) is 3.27. The molecule has 0 atom stereocenters. The van der Waals surface area contributed by atoms with Crippen LogP contribution < -0.4 is 10.6 Å². The van der Waals surface area contributed by atoms with Crippen molar-refractivity contribution >= 4 is 11.6 Å². The van der Waals surface area contributed by atoms with Crippen LogP contribution in [0.15, 0.2) is 12.4 Å². The van der Waals surface area contributed by atoms with E-state index in [4.69, 9.17) is 15.2 Å². The van der Waals surface area contributed by atoms with Gasteiger partial charge in [-0.1, -0.05) is 0 Å². The Morgan fingerprint density at radius 1 is 1.19 bits per heavy atom. The summed E-state index contributed by atoms with van der Waals surface area (Å²) in [6.07, 6.45) is 3.20. The fourth-order valence-electron chi connectivity index (χ4n) is 1.27. The first kappa shape index (κ1) is 12.7. The molecule has 0 amide bonds. The number of hydrogen-bond donors (Lipinski definition) is 1. The summed E-state index contributed by atoms with van der Waals surface area (Å²) in [5.41, 5.74) is 5.59. The lowest BCUT2D eigenvalue weighted by molar-refractivity contribution is 0.190. The van der Waals surface area contributed by atoms with E-state index in [-0.39, 0.29) is 0 Å². The molecule has 90 valence electrons. The van der Waals surface area contributed by atoms with Gasteiger partial charge in [-0.05, 0) is 0 Å². The van der Waals surface area contributed by atoms with Crippen LogP contribution in [0.4, 0.5) is 11.6 Å². The van der Waals surface area contributed by atoms with Crippen LogP contribution in [0.1, 0.15) is 0 Å². The first-order valence-corrected chi connectivity index (χ1v) is 5.08. The van der Waals surface area contributed by atoms with Gasteiger partial charge in [0.2, 0.25) is 0 Å². The number of ether oxygens (including phenoxy) is 2. The highest BCUT2D eigenvalue weighted by atomic mass is 16.5. The summed E-state index contributed by atoms with van der Waals surface area (Å²) in [5.74, 6) is 1.16. The number of rotatable bonds is 7. The van der Waals surface area contributed by atoms with E-state index in [0.29, 0.717) is 19.0 Å². The zero-order valence-electron chi connectivity index (χ0n) is 9.72. The van der Waals surface area contributed by atoms with Gasteiger partial charge in [0.1, 0.15) is 11.6 Å². The molecule has 0 fully saturated rings. The smallest absolute Gasteiger partial charge is 0.149 e. The fourth-order valence-corrected chi connectivity index (χ4v) is 1.27. The summed E-state index contributed by atoms with van der Waals surface area (Å²) in [6.45, 7) is 2.72. The van der Waals surface area contributed by atoms with E-state index in [1.807, 2.05) is 4.90 Å². The van der Waals surface area contributed by atoms with Gasteiger partial charge in [-0.2, -0.15) is 0 Å². The van der Waals surface area contributed by atoms with Gasteiger partial charge in [0.15, 0.2) is 0 Å². The minimum Gasteiger partial charge on any atom is -0.383 e. The van der Waals surface area contributed by atoms with Crippen molar-refractivity contribution < 1.29 is 9.47 Å². The second kappa shape index (κ2) is 6.97. The predicted octanol–water partition coefficient (Wildman–Crippen LogP) is 0.158. The van der Waals surface area contributed by atoms with Gasteiger partial charge < -0.3 is 20.1 Å². The molecule has 2 N–H and O–H groups in total. The Bertz CT molecular complexity index is 301. The number of anilines is 2. The highest BCUT2D eigenvalue weighted by molar-refractivity contribution is 5.41. The maximum absolute atomic E-state index is 5.59. The molecule has 0 saturated heterocycles. The van der Waals surface area contributed by atoms with E-state index in [0.717, 1.165) is 18.9 Å². The Kier molecular flexibility index (Phi) is 5.52. The normalized spacial score (nSPS) is 10.4. The topological polar surface area (TPSA) is 73.5 Å². The number of methoxy groups -OCH3 is 2. The van der Waals surface area contributed by atoms with Gasteiger partial charge >= 0.3 is 0 Å². The molecule has 1 aromatic heterocycles. The van der Waals surface area contributed by atoms with Crippen molar-refractivity contribution in [1.29, 1.82) is 0 Å². The van der Waals surface area contributed by atoms with Gasteiger partial charge in [-0.15, -0.1) is 0 Å². The zero-order chi connectivity index (χ0) is 11.8. The van der Waals surface area contributed by atoms with Crippen molar-refractivity contribution in [3.05, 3.63) is 12.4 Å². The largest absolute Gasteiger partial charge is 0.383 e. The summed E-state index contributed by atoms with van der Waals surface area (Å²) in [7, 11) is 3.33. The fraction of sp³-hybridized carbons (Fsp3) is 0.600. The Labute approximate surface area is 95.4 Å². The van der Waals surface area contributed by atoms with Crippen molar-refractivity contribution in [2.75, 3.05) is 51.2 Å². The molecule has 0 aromatic carbocycles. The number of nitrogens with two attached hydrogens (primary N) is 1. The third-order valence-corrected chi connectivity index (χ3v) is 2.10. The van der Waals surface area contributed by atoms with Crippen LogP contribution in [-0.2, 0) is 9.47 Å². The van der Waals surface area contributed by atoms with Crippen molar-refractivity contribution in [3.8, 4) is 0 Å². The number of aromatic nitrogens is 2. The minimum absolute atomic E-state index is 0.414. The van der Waals surface area contributed by atoms with Crippen LogP contribution in [0.25, 0.3) is 0 Å². The Morgan fingerprint density at radius 2 is 1.81 bits per heavy atom. The van der Waals surface area contributed by atoms with Crippen LogP contribution in [0.2, 0.25) is 0 Å². The summed E-state index contributed by atoms with van der Waals surface area (Å²) < 4.78 is 10.1. The Hall–Kier alpha value is -1.40. The number of nitrogens with zero attached hydrogens (tertiary/aromatic N) is 3. The van der Waals surface area contributed by atoms with Crippen molar-refractivity contribution in [1.82, 2.24) is 9.97 Å². The van der Waals surface area contributed by atoms with E-state index in [2.05, 4.69) is 9.97 Å². The van der Waals surface area contributed by atoms with Crippen LogP contribution in [-0.4, -0.2) is 50.5 Å². The third-order valence-electron chi connectivity index (χ3n) is 2.10. The SMILES string of the molecule is COCCN(CCOC)c1cncc(N)n1. The maximum atomic E-state index is 5.59. The lowest BCUT2D eigenvalue weighted by Crippen LogP contribution is -2.31. The highest BCUT2D eigenvalue weighted by Gasteiger charge is 2.08. The molecule has 0 unspecified atom stereocenters. The first-order chi connectivity index (χ1) is 7.77.